The van der Waals surface area contributed by atoms with Crippen molar-refractivity contribution in [2.24, 2.45) is 0 Å². The van der Waals surface area contributed by atoms with E-state index in [1.165, 1.54) is 16.1 Å². The Hall–Kier alpha value is -2.50. The molecule has 1 atom stereocenters. The lowest BCUT2D eigenvalue weighted by molar-refractivity contribution is 0.200. The minimum absolute atomic E-state index is 0.263. The van der Waals surface area contributed by atoms with E-state index in [-0.39, 0.29) is 5.63 Å². The molecule has 0 amide bonds. The maximum absolute atomic E-state index is 12.2. The molecule has 0 radical (unpaired) electrons. The summed E-state index contributed by atoms with van der Waals surface area (Å²) in [4.78, 5) is 19.6. The maximum atomic E-state index is 12.2. The molecule has 1 saturated heterocycles. The standard InChI is InChI=1S/C24H24N2O2S/c1-15-9-10-19-18(12-22(27)28-23(19)16(15)2)14-26-11-5-6-17(13-26)24-25-20-7-3-4-8-21(20)29-24/h3-4,7-10,12,17H,5-6,11,13-14H2,1-2H3/t17-/m1/s1. The van der Waals surface area contributed by atoms with Crippen LogP contribution in [0.4, 0.5) is 0 Å². The Balaban J connectivity index is 1.43. The van der Waals surface area contributed by atoms with Gasteiger partial charge in [0.2, 0.25) is 0 Å². The summed E-state index contributed by atoms with van der Waals surface area (Å²) in [5, 5.41) is 2.29. The first-order valence-corrected chi connectivity index (χ1v) is 11.0. The highest BCUT2D eigenvalue weighted by Gasteiger charge is 2.25. The molecular formula is C24H24N2O2S. The first-order valence-electron chi connectivity index (χ1n) is 10.2. The third-order valence-corrected chi connectivity index (χ3v) is 7.28. The van der Waals surface area contributed by atoms with Crippen LogP contribution in [0.2, 0.25) is 0 Å². The Bertz CT molecular complexity index is 1220. The van der Waals surface area contributed by atoms with Crippen molar-refractivity contribution in [3.63, 3.8) is 0 Å². The molecule has 4 nitrogen and oxygen atoms in total. The molecule has 4 aromatic rings. The molecule has 148 valence electrons. The van der Waals surface area contributed by atoms with Gasteiger partial charge < -0.3 is 4.42 Å². The number of benzene rings is 2. The van der Waals surface area contributed by atoms with Crippen LogP contribution in [0.3, 0.4) is 0 Å². The molecule has 0 N–H and O–H groups in total. The van der Waals surface area contributed by atoms with Gasteiger partial charge in [0.25, 0.3) is 0 Å². The quantitative estimate of drug-likeness (QED) is 0.429. The van der Waals surface area contributed by atoms with Crippen molar-refractivity contribution in [1.29, 1.82) is 0 Å². The number of nitrogens with zero attached hydrogens (tertiary/aromatic N) is 2. The molecule has 3 heterocycles. The Morgan fingerprint density at radius 2 is 2.07 bits per heavy atom. The molecule has 0 unspecified atom stereocenters. The number of aromatic nitrogens is 1. The number of piperidine rings is 1. The summed E-state index contributed by atoms with van der Waals surface area (Å²) in [6.45, 7) is 6.87. The second kappa shape index (κ2) is 7.39. The highest BCUT2D eigenvalue weighted by atomic mass is 32.1. The van der Waals surface area contributed by atoms with E-state index in [4.69, 9.17) is 9.40 Å². The SMILES string of the molecule is Cc1ccc2c(CN3CCC[C@@H](c4nc5ccccc5s4)C3)cc(=O)oc2c1C. The summed E-state index contributed by atoms with van der Waals surface area (Å²) < 4.78 is 6.81. The molecular weight excluding hydrogens is 380 g/mol. The first-order chi connectivity index (χ1) is 14.1. The molecule has 0 spiro atoms. The third kappa shape index (κ3) is 3.49. The highest BCUT2D eigenvalue weighted by molar-refractivity contribution is 7.18. The van der Waals surface area contributed by atoms with E-state index in [9.17, 15) is 4.79 Å². The molecule has 0 bridgehead atoms. The molecule has 2 aromatic heterocycles. The fourth-order valence-corrected chi connectivity index (χ4v) is 5.45. The van der Waals surface area contributed by atoms with Crippen LogP contribution in [-0.4, -0.2) is 23.0 Å². The summed E-state index contributed by atoms with van der Waals surface area (Å²) in [6, 6.07) is 14.2. The number of rotatable bonds is 3. The van der Waals surface area contributed by atoms with Crippen LogP contribution in [0.5, 0.6) is 0 Å². The van der Waals surface area contributed by atoms with Crippen molar-refractivity contribution in [3.05, 3.63) is 74.6 Å². The first kappa shape index (κ1) is 18.5. The Morgan fingerprint density at radius 1 is 1.21 bits per heavy atom. The lowest BCUT2D eigenvalue weighted by atomic mass is 9.97. The number of para-hydroxylation sites is 1. The number of fused-ring (bicyclic) bond motifs is 2. The Kier molecular flexibility index (Phi) is 4.72. The Morgan fingerprint density at radius 3 is 2.93 bits per heavy atom. The lowest BCUT2D eigenvalue weighted by Gasteiger charge is -2.32. The molecule has 2 aromatic carbocycles. The van der Waals surface area contributed by atoms with E-state index in [2.05, 4.69) is 48.2 Å². The highest BCUT2D eigenvalue weighted by Crippen LogP contribution is 2.34. The Labute approximate surface area is 173 Å². The number of thiazole rings is 1. The summed E-state index contributed by atoms with van der Waals surface area (Å²) in [7, 11) is 0. The average molecular weight is 405 g/mol. The van der Waals surface area contributed by atoms with Crippen molar-refractivity contribution in [1.82, 2.24) is 9.88 Å². The maximum Gasteiger partial charge on any atom is 0.336 e. The minimum atomic E-state index is -0.263. The van der Waals surface area contributed by atoms with E-state index >= 15 is 0 Å². The number of hydrogen-bond acceptors (Lipinski definition) is 5. The normalized spacial score (nSPS) is 17.9. The molecule has 5 rings (SSSR count). The van der Waals surface area contributed by atoms with E-state index < -0.39 is 0 Å². The van der Waals surface area contributed by atoms with Crippen LogP contribution in [0.25, 0.3) is 21.2 Å². The number of aryl methyl sites for hydroxylation is 2. The second-order valence-electron chi connectivity index (χ2n) is 8.07. The summed E-state index contributed by atoms with van der Waals surface area (Å²) in [6.07, 6.45) is 2.32. The lowest BCUT2D eigenvalue weighted by Crippen LogP contribution is -2.34. The largest absolute Gasteiger partial charge is 0.422 e. The number of hydrogen-bond donors (Lipinski definition) is 0. The van der Waals surface area contributed by atoms with Crippen molar-refractivity contribution in [2.75, 3.05) is 13.1 Å². The zero-order valence-electron chi connectivity index (χ0n) is 16.8. The van der Waals surface area contributed by atoms with Gasteiger partial charge in [-0.1, -0.05) is 24.3 Å². The van der Waals surface area contributed by atoms with Crippen molar-refractivity contribution in [3.8, 4) is 0 Å². The van der Waals surface area contributed by atoms with E-state index in [0.717, 1.165) is 59.2 Å². The predicted molar refractivity (Wildman–Crippen MR) is 119 cm³/mol. The third-order valence-electron chi connectivity index (χ3n) is 6.08. The van der Waals surface area contributed by atoms with Gasteiger partial charge in [0.1, 0.15) is 5.58 Å². The zero-order valence-corrected chi connectivity index (χ0v) is 17.6. The van der Waals surface area contributed by atoms with Gasteiger partial charge in [-0.3, -0.25) is 4.90 Å². The molecule has 1 aliphatic rings. The fraction of sp³-hybridized carbons (Fsp3) is 0.333. The van der Waals surface area contributed by atoms with Crippen LogP contribution in [0, 0.1) is 13.8 Å². The van der Waals surface area contributed by atoms with Gasteiger partial charge in [-0.05, 0) is 62.1 Å². The summed E-state index contributed by atoms with van der Waals surface area (Å²) in [5.74, 6) is 0.455. The van der Waals surface area contributed by atoms with Gasteiger partial charge in [-0.25, -0.2) is 9.78 Å². The van der Waals surface area contributed by atoms with Crippen molar-refractivity contribution in [2.45, 2.75) is 39.2 Å². The van der Waals surface area contributed by atoms with E-state index in [1.54, 1.807) is 6.07 Å². The smallest absolute Gasteiger partial charge is 0.336 e. The molecule has 1 fully saturated rings. The topological polar surface area (TPSA) is 46.3 Å². The summed E-state index contributed by atoms with van der Waals surface area (Å²) >= 11 is 1.82. The monoisotopic (exact) mass is 404 g/mol. The van der Waals surface area contributed by atoms with Crippen LogP contribution in [0.15, 0.2) is 51.7 Å². The van der Waals surface area contributed by atoms with Gasteiger partial charge in [-0.15, -0.1) is 11.3 Å². The van der Waals surface area contributed by atoms with E-state index in [0.29, 0.717) is 5.92 Å². The average Bonchev–Trinajstić information content (AvgIpc) is 3.16. The van der Waals surface area contributed by atoms with Gasteiger partial charge in [0, 0.05) is 30.5 Å². The second-order valence-corrected chi connectivity index (χ2v) is 9.13. The molecule has 29 heavy (non-hydrogen) atoms. The van der Waals surface area contributed by atoms with Crippen LogP contribution < -0.4 is 5.63 Å². The van der Waals surface area contributed by atoms with Gasteiger partial charge >= 0.3 is 5.63 Å². The zero-order chi connectivity index (χ0) is 20.0. The molecule has 1 aliphatic heterocycles. The van der Waals surface area contributed by atoms with E-state index in [1.807, 2.05) is 18.3 Å². The van der Waals surface area contributed by atoms with Crippen molar-refractivity contribution >= 4 is 32.5 Å². The van der Waals surface area contributed by atoms with Gasteiger partial charge in [0.05, 0.1) is 15.2 Å². The minimum Gasteiger partial charge on any atom is -0.422 e. The van der Waals surface area contributed by atoms with Crippen molar-refractivity contribution < 1.29 is 4.42 Å². The van der Waals surface area contributed by atoms with Gasteiger partial charge in [-0.2, -0.15) is 0 Å². The van der Waals surface area contributed by atoms with Crippen LogP contribution >= 0.6 is 11.3 Å². The molecule has 0 saturated carbocycles. The van der Waals surface area contributed by atoms with Crippen LogP contribution in [0.1, 0.15) is 40.5 Å². The van der Waals surface area contributed by atoms with Crippen LogP contribution in [-0.2, 0) is 6.54 Å². The number of likely N-dealkylation sites (tertiary alicyclic amines) is 1. The molecule has 0 aliphatic carbocycles. The van der Waals surface area contributed by atoms with Gasteiger partial charge in [0.15, 0.2) is 0 Å². The fourth-order valence-electron chi connectivity index (χ4n) is 4.36. The summed E-state index contributed by atoms with van der Waals surface area (Å²) in [5.41, 5.74) is 4.82. The molecule has 5 heteroatoms. The predicted octanol–water partition coefficient (Wildman–Crippen LogP) is 5.40.